The number of alkyl halides is 2. The van der Waals surface area contributed by atoms with Crippen LogP contribution in [-0.2, 0) is 6.54 Å². The van der Waals surface area contributed by atoms with Crippen molar-refractivity contribution in [3.63, 3.8) is 0 Å². The van der Waals surface area contributed by atoms with Crippen LogP contribution in [0.2, 0.25) is 0 Å². The Morgan fingerprint density at radius 3 is 2.72 bits per heavy atom. The van der Waals surface area contributed by atoms with Crippen molar-refractivity contribution in [2.75, 3.05) is 25.0 Å². The maximum atomic E-state index is 12.3. The first-order valence-corrected chi connectivity index (χ1v) is 6.20. The van der Waals surface area contributed by atoms with E-state index in [2.05, 4.69) is 17.2 Å². The minimum Gasteiger partial charge on any atom is -0.354 e. The molecule has 0 atom stereocenters. The highest BCUT2D eigenvalue weighted by Crippen LogP contribution is 2.17. The molecule has 18 heavy (non-hydrogen) atoms. The molecule has 0 aromatic carbocycles. The third-order valence-corrected chi connectivity index (χ3v) is 2.64. The van der Waals surface area contributed by atoms with Gasteiger partial charge in [-0.15, -0.1) is 0 Å². The number of halogens is 2. The zero-order valence-electron chi connectivity index (χ0n) is 11.2. The number of aromatic nitrogens is 1. The average molecular weight is 257 g/mol. The molecule has 1 rings (SSSR count). The molecule has 0 unspecified atom stereocenters. The number of hydrogen-bond acceptors (Lipinski definition) is 3. The van der Waals surface area contributed by atoms with Crippen molar-refractivity contribution in [1.29, 1.82) is 0 Å². The Morgan fingerprint density at radius 1 is 1.44 bits per heavy atom. The number of nitrogens with zero attached hydrogens (tertiary/aromatic N) is 2. The Balaban J connectivity index is 2.67. The number of hydrogen-bond donors (Lipinski definition) is 1. The Hall–Kier alpha value is -1.23. The molecule has 0 saturated heterocycles. The predicted molar refractivity (Wildman–Crippen MR) is 70.2 cm³/mol. The van der Waals surface area contributed by atoms with Gasteiger partial charge in [0.15, 0.2) is 0 Å². The van der Waals surface area contributed by atoms with E-state index in [0.29, 0.717) is 5.82 Å². The van der Waals surface area contributed by atoms with Gasteiger partial charge < -0.3 is 10.2 Å². The fourth-order valence-electron chi connectivity index (χ4n) is 1.83. The summed E-state index contributed by atoms with van der Waals surface area (Å²) in [6.07, 6.45) is 0.483. The van der Waals surface area contributed by atoms with E-state index < -0.39 is 6.43 Å². The number of rotatable bonds is 7. The quantitative estimate of drug-likeness (QED) is 0.761. The molecule has 0 aliphatic rings. The number of pyridine rings is 1. The monoisotopic (exact) mass is 257 g/mol. The minimum absolute atomic E-state index is 0.290. The zero-order chi connectivity index (χ0) is 13.5. The Morgan fingerprint density at radius 2 is 2.17 bits per heavy atom. The summed E-state index contributed by atoms with van der Waals surface area (Å²) in [7, 11) is 1.64. The molecule has 0 radical (unpaired) electrons. The van der Waals surface area contributed by atoms with Crippen LogP contribution >= 0.6 is 0 Å². The summed E-state index contributed by atoms with van der Waals surface area (Å²) in [5.41, 5.74) is 2.00. The molecule has 0 fully saturated rings. The minimum atomic E-state index is -2.35. The summed E-state index contributed by atoms with van der Waals surface area (Å²) in [5.74, 6) is 0.620. The van der Waals surface area contributed by atoms with Crippen LogP contribution in [0.25, 0.3) is 0 Å². The van der Waals surface area contributed by atoms with Crippen LogP contribution in [0.1, 0.15) is 24.5 Å². The van der Waals surface area contributed by atoms with Crippen molar-refractivity contribution in [2.24, 2.45) is 0 Å². The molecular formula is C13H21F2N3. The highest BCUT2D eigenvalue weighted by molar-refractivity contribution is 5.46. The van der Waals surface area contributed by atoms with Crippen LogP contribution in [0, 0.1) is 6.92 Å². The summed E-state index contributed by atoms with van der Waals surface area (Å²) in [5, 5.41) is 3.29. The molecule has 0 bridgehead atoms. The number of nitrogens with one attached hydrogen (secondary N) is 1. The van der Waals surface area contributed by atoms with Crippen LogP contribution in [0.5, 0.6) is 0 Å². The normalized spacial score (nSPS) is 11.0. The molecule has 1 aromatic rings. The third kappa shape index (κ3) is 4.56. The second-order valence-electron chi connectivity index (χ2n) is 4.43. The lowest BCUT2D eigenvalue weighted by Gasteiger charge is -2.20. The summed E-state index contributed by atoms with van der Waals surface area (Å²) >= 11 is 0. The van der Waals surface area contributed by atoms with Crippen molar-refractivity contribution < 1.29 is 8.78 Å². The summed E-state index contributed by atoms with van der Waals surface area (Å²) < 4.78 is 24.6. The predicted octanol–water partition coefficient (Wildman–Crippen LogP) is 2.59. The van der Waals surface area contributed by atoms with Gasteiger partial charge in [0.1, 0.15) is 5.82 Å². The summed E-state index contributed by atoms with van der Waals surface area (Å²) in [6.45, 7) is 5.44. The van der Waals surface area contributed by atoms with E-state index in [1.54, 1.807) is 13.2 Å². The molecular weight excluding hydrogens is 236 g/mol. The number of aryl methyl sites for hydroxylation is 1. The van der Waals surface area contributed by atoms with E-state index in [1.165, 1.54) is 4.90 Å². The molecule has 1 heterocycles. The lowest BCUT2D eigenvalue weighted by Crippen LogP contribution is -2.25. The lowest BCUT2D eigenvalue weighted by molar-refractivity contribution is 0.156. The van der Waals surface area contributed by atoms with Crippen molar-refractivity contribution in [3.05, 3.63) is 23.4 Å². The largest absolute Gasteiger partial charge is 0.354 e. The van der Waals surface area contributed by atoms with E-state index in [4.69, 9.17) is 0 Å². The second kappa shape index (κ2) is 7.26. The van der Waals surface area contributed by atoms with Crippen molar-refractivity contribution in [3.8, 4) is 0 Å². The van der Waals surface area contributed by atoms with Crippen molar-refractivity contribution in [2.45, 2.75) is 33.2 Å². The van der Waals surface area contributed by atoms with Gasteiger partial charge in [0.2, 0.25) is 0 Å². The van der Waals surface area contributed by atoms with E-state index in [-0.39, 0.29) is 6.54 Å². The summed E-state index contributed by atoms with van der Waals surface area (Å²) in [6, 6.07) is 1.99. The molecule has 1 N–H and O–H groups in total. The van der Waals surface area contributed by atoms with Gasteiger partial charge >= 0.3 is 0 Å². The molecule has 0 aliphatic carbocycles. The SMILES string of the molecule is CCCNCc1cnc(N(C)CC(F)F)c(C)c1. The Kier molecular flexibility index (Phi) is 5.98. The molecule has 0 saturated carbocycles. The van der Waals surface area contributed by atoms with Crippen molar-refractivity contribution in [1.82, 2.24) is 10.3 Å². The molecule has 0 aliphatic heterocycles. The Bertz CT molecular complexity index is 369. The molecule has 0 spiro atoms. The van der Waals surface area contributed by atoms with Gasteiger partial charge in [-0.05, 0) is 37.1 Å². The van der Waals surface area contributed by atoms with Gasteiger partial charge in [0, 0.05) is 19.8 Å². The van der Waals surface area contributed by atoms with Crippen LogP contribution in [0.4, 0.5) is 14.6 Å². The van der Waals surface area contributed by atoms with Crippen LogP contribution in [0.15, 0.2) is 12.3 Å². The first-order chi connectivity index (χ1) is 8.54. The Labute approximate surface area is 107 Å². The van der Waals surface area contributed by atoms with Gasteiger partial charge in [-0.25, -0.2) is 13.8 Å². The van der Waals surface area contributed by atoms with E-state index in [9.17, 15) is 8.78 Å². The van der Waals surface area contributed by atoms with Gasteiger partial charge in [-0.1, -0.05) is 6.92 Å². The van der Waals surface area contributed by atoms with Gasteiger partial charge in [0.05, 0.1) is 6.54 Å². The first-order valence-electron chi connectivity index (χ1n) is 6.20. The summed E-state index contributed by atoms with van der Waals surface area (Å²) in [4.78, 5) is 5.75. The highest BCUT2D eigenvalue weighted by atomic mass is 19.3. The molecule has 102 valence electrons. The van der Waals surface area contributed by atoms with Gasteiger partial charge in [-0.2, -0.15) is 0 Å². The standard InChI is InChI=1S/C13H21F2N3/c1-4-5-16-7-11-6-10(2)13(17-8-11)18(3)9-12(14)15/h6,8,12,16H,4-5,7,9H2,1-3H3. The van der Waals surface area contributed by atoms with Crippen LogP contribution in [0.3, 0.4) is 0 Å². The van der Waals surface area contributed by atoms with Crippen LogP contribution < -0.4 is 10.2 Å². The topological polar surface area (TPSA) is 28.2 Å². The van der Waals surface area contributed by atoms with Gasteiger partial charge in [-0.3, -0.25) is 0 Å². The van der Waals surface area contributed by atoms with Crippen molar-refractivity contribution >= 4 is 5.82 Å². The second-order valence-corrected chi connectivity index (χ2v) is 4.43. The average Bonchev–Trinajstić information content (AvgIpc) is 2.28. The van der Waals surface area contributed by atoms with Gasteiger partial charge in [0.25, 0.3) is 6.43 Å². The molecule has 3 nitrogen and oxygen atoms in total. The van der Waals surface area contributed by atoms with Crippen LogP contribution in [-0.4, -0.2) is 31.5 Å². The van der Waals surface area contributed by atoms with E-state index in [0.717, 1.165) is 30.6 Å². The van der Waals surface area contributed by atoms with E-state index >= 15 is 0 Å². The van der Waals surface area contributed by atoms with E-state index in [1.807, 2.05) is 13.0 Å². The fraction of sp³-hybridized carbons (Fsp3) is 0.615. The molecule has 5 heteroatoms. The lowest BCUT2D eigenvalue weighted by atomic mass is 10.2. The maximum Gasteiger partial charge on any atom is 0.255 e. The zero-order valence-corrected chi connectivity index (χ0v) is 11.2. The first kappa shape index (κ1) is 14.8. The maximum absolute atomic E-state index is 12.3. The molecule has 1 aromatic heterocycles. The third-order valence-electron chi connectivity index (χ3n) is 2.64. The fourth-order valence-corrected chi connectivity index (χ4v) is 1.83. The number of anilines is 1. The molecule has 0 amide bonds. The highest BCUT2D eigenvalue weighted by Gasteiger charge is 2.12. The smallest absolute Gasteiger partial charge is 0.255 e.